The van der Waals surface area contributed by atoms with Gasteiger partial charge >= 0.3 is 0 Å². The summed E-state index contributed by atoms with van der Waals surface area (Å²) in [6.45, 7) is 0. The van der Waals surface area contributed by atoms with Crippen molar-refractivity contribution in [2.75, 3.05) is 7.05 Å². The predicted molar refractivity (Wildman–Crippen MR) is 52.7 cm³/mol. The Balaban J connectivity index is 2.79. The highest BCUT2D eigenvalue weighted by molar-refractivity contribution is 7.89. The number of rotatable bonds is 0. The van der Waals surface area contributed by atoms with Crippen LogP contribution in [0.15, 0.2) is 34.2 Å². The van der Waals surface area contributed by atoms with E-state index in [0.29, 0.717) is 5.69 Å². The molecule has 0 unspecified atom stereocenters. The summed E-state index contributed by atoms with van der Waals surface area (Å²) in [5.41, 5.74) is 5.86. The molecule has 5 nitrogen and oxygen atoms in total. The molecular formula is C8H9N3O2S. The SMILES string of the molecule is CN1C(N)=Nc2ccccc2S1(=O)=O. The van der Waals surface area contributed by atoms with E-state index in [-0.39, 0.29) is 10.9 Å². The van der Waals surface area contributed by atoms with E-state index in [1.54, 1.807) is 18.2 Å². The van der Waals surface area contributed by atoms with Crippen LogP contribution in [-0.2, 0) is 10.0 Å². The molecule has 0 radical (unpaired) electrons. The van der Waals surface area contributed by atoms with E-state index in [4.69, 9.17) is 5.73 Å². The van der Waals surface area contributed by atoms with E-state index in [2.05, 4.69) is 4.99 Å². The summed E-state index contributed by atoms with van der Waals surface area (Å²) in [6.07, 6.45) is 0. The first-order chi connectivity index (χ1) is 6.53. The van der Waals surface area contributed by atoms with Crippen LogP contribution in [0.3, 0.4) is 0 Å². The molecule has 1 aliphatic heterocycles. The van der Waals surface area contributed by atoms with E-state index in [9.17, 15) is 8.42 Å². The molecule has 0 aliphatic carbocycles. The van der Waals surface area contributed by atoms with Crippen molar-refractivity contribution in [3.05, 3.63) is 24.3 Å². The topological polar surface area (TPSA) is 75.8 Å². The highest BCUT2D eigenvalue weighted by atomic mass is 32.2. The van der Waals surface area contributed by atoms with Crippen LogP contribution in [0, 0.1) is 0 Å². The summed E-state index contributed by atoms with van der Waals surface area (Å²) in [5.74, 6) is -0.0105. The van der Waals surface area contributed by atoms with Crippen molar-refractivity contribution in [2.45, 2.75) is 4.90 Å². The first-order valence-corrected chi connectivity index (χ1v) is 5.39. The zero-order valence-corrected chi connectivity index (χ0v) is 8.32. The number of nitrogens with two attached hydrogens (primary N) is 1. The normalized spacial score (nSPS) is 18.6. The standard InChI is InChI=1S/C8H9N3O2S/c1-11-8(9)10-6-4-2-3-5-7(6)14(11,12)13/h2-5H,1H3,(H2,9,10). The molecule has 14 heavy (non-hydrogen) atoms. The van der Waals surface area contributed by atoms with Crippen molar-refractivity contribution < 1.29 is 8.42 Å². The fourth-order valence-electron chi connectivity index (χ4n) is 1.23. The minimum atomic E-state index is -3.49. The van der Waals surface area contributed by atoms with Crippen LogP contribution < -0.4 is 5.73 Å². The summed E-state index contributed by atoms with van der Waals surface area (Å²) < 4.78 is 24.5. The van der Waals surface area contributed by atoms with Gasteiger partial charge in [0.2, 0.25) is 5.96 Å². The number of hydrogen-bond donors (Lipinski definition) is 1. The van der Waals surface area contributed by atoms with Crippen molar-refractivity contribution in [2.24, 2.45) is 10.7 Å². The van der Waals surface area contributed by atoms with Gasteiger partial charge in [0, 0.05) is 7.05 Å². The highest BCUT2D eigenvalue weighted by Gasteiger charge is 2.29. The molecule has 2 N–H and O–H groups in total. The molecule has 0 atom stereocenters. The number of fused-ring (bicyclic) bond motifs is 1. The second kappa shape index (κ2) is 2.71. The summed E-state index contributed by atoms with van der Waals surface area (Å²) in [4.78, 5) is 4.16. The lowest BCUT2D eigenvalue weighted by Crippen LogP contribution is -2.40. The van der Waals surface area contributed by atoms with Crippen LogP contribution in [0.5, 0.6) is 0 Å². The Bertz CT molecular complexity index is 507. The van der Waals surface area contributed by atoms with Gasteiger partial charge in [0.15, 0.2) is 0 Å². The maximum Gasteiger partial charge on any atom is 0.268 e. The van der Waals surface area contributed by atoms with Gasteiger partial charge in [0.1, 0.15) is 4.90 Å². The van der Waals surface area contributed by atoms with Gasteiger partial charge in [-0.15, -0.1) is 0 Å². The first-order valence-electron chi connectivity index (χ1n) is 3.95. The number of sulfonamides is 1. The third-order valence-electron chi connectivity index (χ3n) is 2.06. The molecule has 2 rings (SSSR count). The van der Waals surface area contributed by atoms with Gasteiger partial charge in [-0.2, -0.15) is 0 Å². The largest absolute Gasteiger partial charge is 0.369 e. The Morgan fingerprint density at radius 1 is 1.36 bits per heavy atom. The van der Waals surface area contributed by atoms with Crippen LogP contribution >= 0.6 is 0 Å². The van der Waals surface area contributed by atoms with E-state index in [1.807, 2.05) is 0 Å². The van der Waals surface area contributed by atoms with Gasteiger partial charge in [-0.1, -0.05) is 12.1 Å². The smallest absolute Gasteiger partial charge is 0.268 e. The van der Waals surface area contributed by atoms with Gasteiger partial charge in [-0.3, -0.25) is 0 Å². The molecule has 0 amide bonds. The molecule has 0 aromatic heterocycles. The minimum absolute atomic E-state index is 0.0105. The zero-order valence-electron chi connectivity index (χ0n) is 7.51. The van der Waals surface area contributed by atoms with Crippen molar-refractivity contribution in [1.82, 2.24) is 4.31 Å². The molecule has 0 fully saturated rings. The van der Waals surface area contributed by atoms with Gasteiger partial charge < -0.3 is 5.73 Å². The molecule has 1 aromatic carbocycles. The van der Waals surface area contributed by atoms with Gasteiger partial charge in [0.05, 0.1) is 5.69 Å². The molecule has 0 spiro atoms. The molecule has 1 aliphatic rings. The molecule has 0 bridgehead atoms. The molecule has 6 heteroatoms. The van der Waals surface area contributed by atoms with E-state index in [1.165, 1.54) is 13.1 Å². The fraction of sp³-hybridized carbons (Fsp3) is 0.125. The summed E-state index contributed by atoms with van der Waals surface area (Å²) in [5, 5.41) is 0. The highest BCUT2D eigenvalue weighted by Crippen LogP contribution is 2.29. The number of hydrogen-bond acceptors (Lipinski definition) is 4. The lowest BCUT2D eigenvalue weighted by molar-refractivity contribution is 0.548. The van der Waals surface area contributed by atoms with Crippen molar-refractivity contribution in [3.63, 3.8) is 0 Å². The third-order valence-corrected chi connectivity index (χ3v) is 3.87. The van der Waals surface area contributed by atoms with Crippen molar-refractivity contribution >= 4 is 21.7 Å². The Morgan fingerprint density at radius 2 is 2.00 bits per heavy atom. The van der Waals surface area contributed by atoms with E-state index >= 15 is 0 Å². The van der Waals surface area contributed by atoms with Gasteiger partial charge in [-0.05, 0) is 12.1 Å². The predicted octanol–water partition coefficient (Wildman–Crippen LogP) is 0.267. The number of benzene rings is 1. The summed E-state index contributed by atoms with van der Waals surface area (Å²) in [6, 6.07) is 6.50. The fourth-order valence-corrected chi connectivity index (χ4v) is 2.44. The first kappa shape index (κ1) is 9.01. The lowest BCUT2D eigenvalue weighted by atomic mass is 10.3. The molecular weight excluding hydrogens is 202 g/mol. The molecule has 1 aromatic rings. The Morgan fingerprint density at radius 3 is 2.71 bits per heavy atom. The van der Waals surface area contributed by atoms with Gasteiger partial charge in [0.25, 0.3) is 10.0 Å². The summed E-state index contributed by atoms with van der Waals surface area (Å²) in [7, 11) is -2.11. The maximum atomic E-state index is 11.8. The number of guanidine groups is 1. The zero-order chi connectivity index (χ0) is 10.3. The van der Waals surface area contributed by atoms with Crippen LogP contribution in [-0.4, -0.2) is 25.7 Å². The van der Waals surface area contributed by atoms with E-state index < -0.39 is 10.0 Å². The minimum Gasteiger partial charge on any atom is -0.369 e. The number of aliphatic imine (C=N–C) groups is 1. The average Bonchev–Trinajstić information content (AvgIpc) is 2.15. The van der Waals surface area contributed by atoms with Crippen molar-refractivity contribution in [1.29, 1.82) is 0 Å². The lowest BCUT2D eigenvalue weighted by Gasteiger charge is -2.23. The van der Waals surface area contributed by atoms with Crippen molar-refractivity contribution in [3.8, 4) is 0 Å². The quantitative estimate of drug-likeness (QED) is 0.669. The second-order valence-electron chi connectivity index (χ2n) is 2.91. The van der Waals surface area contributed by atoms with Crippen LogP contribution in [0.4, 0.5) is 5.69 Å². The average molecular weight is 211 g/mol. The third kappa shape index (κ3) is 1.07. The van der Waals surface area contributed by atoms with E-state index in [0.717, 1.165) is 4.31 Å². The van der Waals surface area contributed by atoms with Gasteiger partial charge in [-0.25, -0.2) is 17.7 Å². The second-order valence-corrected chi connectivity index (χ2v) is 4.85. The molecule has 0 saturated carbocycles. The monoisotopic (exact) mass is 211 g/mol. The summed E-state index contributed by atoms with van der Waals surface area (Å²) >= 11 is 0. The maximum absolute atomic E-state index is 11.8. The Kier molecular flexibility index (Phi) is 1.75. The Hall–Kier alpha value is -1.56. The van der Waals surface area contributed by atoms with Crippen LogP contribution in [0.25, 0.3) is 0 Å². The molecule has 74 valence electrons. The van der Waals surface area contributed by atoms with Crippen LogP contribution in [0.1, 0.15) is 0 Å². The number of nitrogens with zero attached hydrogens (tertiary/aromatic N) is 2. The Labute approximate surface area is 81.9 Å². The molecule has 0 saturated heterocycles. The number of para-hydroxylation sites is 1. The molecule has 1 heterocycles. The van der Waals surface area contributed by atoms with Crippen LogP contribution in [0.2, 0.25) is 0 Å².